The van der Waals surface area contributed by atoms with Gasteiger partial charge in [0, 0.05) is 20.1 Å². The van der Waals surface area contributed by atoms with E-state index in [1.165, 1.54) is 50.7 Å². The minimum atomic E-state index is 0. The van der Waals surface area contributed by atoms with Crippen LogP contribution >= 0.6 is 35.7 Å². The number of thioether (sulfide) groups is 1. The largest absolute Gasteiger partial charge is 0.356 e. The van der Waals surface area contributed by atoms with Crippen molar-refractivity contribution in [2.75, 3.05) is 25.1 Å². The van der Waals surface area contributed by atoms with Gasteiger partial charge in [-0.05, 0) is 37.7 Å². The lowest BCUT2D eigenvalue weighted by molar-refractivity contribution is 0.472. The molecule has 1 heterocycles. The number of aromatic nitrogens is 3. The van der Waals surface area contributed by atoms with Gasteiger partial charge in [-0.1, -0.05) is 38.5 Å². The summed E-state index contributed by atoms with van der Waals surface area (Å²) in [7, 11) is 1.99. The molecule has 27 heavy (non-hydrogen) atoms. The molecule has 1 aromatic rings. The third-order valence-corrected chi connectivity index (χ3v) is 5.88. The van der Waals surface area contributed by atoms with Crippen LogP contribution in [0.2, 0.25) is 0 Å². The van der Waals surface area contributed by atoms with Gasteiger partial charge in [0.15, 0.2) is 11.8 Å². The van der Waals surface area contributed by atoms with Crippen molar-refractivity contribution in [3.8, 4) is 0 Å². The highest BCUT2D eigenvalue weighted by Crippen LogP contribution is 2.28. The van der Waals surface area contributed by atoms with Crippen LogP contribution in [0.3, 0.4) is 0 Å². The molecule has 1 aromatic heterocycles. The summed E-state index contributed by atoms with van der Waals surface area (Å²) in [6.45, 7) is 4.45. The van der Waals surface area contributed by atoms with Gasteiger partial charge in [-0.25, -0.2) is 4.99 Å². The molecule has 0 saturated heterocycles. The average Bonchev–Trinajstić information content (AvgIpc) is 3.27. The summed E-state index contributed by atoms with van der Waals surface area (Å²) in [5.74, 6) is 4.88. The number of hydrogen-bond acceptors (Lipinski definition) is 4. The Bertz CT molecular complexity index is 542. The maximum absolute atomic E-state index is 4.71. The average molecular weight is 509 g/mol. The predicted octanol–water partition coefficient (Wildman–Crippen LogP) is 3.89. The van der Waals surface area contributed by atoms with Crippen LogP contribution in [-0.4, -0.2) is 45.8 Å². The molecule has 0 unspecified atom stereocenters. The zero-order valence-corrected chi connectivity index (χ0v) is 20.3. The zero-order chi connectivity index (χ0) is 18.6. The van der Waals surface area contributed by atoms with Crippen molar-refractivity contribution in [3.05, 3.63) is 11.6 Å². The summed E-state index contributed by atoms with van der Waals surface area (Å²) in [5, 5.41) is 15.2. The van der Waals surface area contributed by atoms with Crippen molar-refractivity contribution < 1.29 is 0 Å². The minimum Gasteiger partial charge on any atom is -0.356 e. The molecular weight excluding hydrogens is 471 g/mol. The van der Waals surface area contributed by atoms with Gasteiger partial charge in [-0.3, -0.25) is 0 Å². The number of nitrogens with zero attached hydrogens (tertiary/aromatic N) is 4. The number of rotatable bonds is 11. The van der Waals surface area contributed by atoms with Gasteiger partial charge in [0.2, 0.25) is 0 Å². The summed E-state index contributed by atoms with van der Waals surface area (Å²) in [6, 6.07) is 0. The Kier molecular flexibility index (Phi) is 13.2. The number of nitrogens with one attached hydrogen (secondary N) is 2. The Morgan fingerprint density at radius 3 is 2.48 bits per heavy atom. The summed E-state index contributed by atoms with van der Waals surface area (Å²) in [5.41, 5.74) is 0. The molecule has 0 amide bonds. The van der Waals surface area contributed by atoms with Gasteiger partial charge >= 0.3 is 0 Å². The van der Waals surface area contributed by atoms with Crippen molar-refractivity contribution in [2.24, 2.45) is 18.0 Å². The van der Waals surface area contributed by atoms with E-state index in [0.717, 1.165) is 43.0 Å². The molecule has 0 spiro atoms. The first kappa shape index (κ1) is 24.5. The number of aliphatic imine (C=N–C) groups is 1. The Morgan fingerprint density at radius 2 is 1.85 bits per heavy atom. The lowest BCUT2D eigenvalue weighted by atomic mass is 10.0. The smallest absolute Gasteiger partial charge is 0.191 e. The van der Waals surface area contributed by atoms with Crippen LogP contribution < -0.4 is 10.6 Å². The number of halogens is 1. The van der Waals surface area contributed by atoms with Crippen LogP contribution in [0.25, 0.3) is 0 Å². The second kappa shape index (κ2) is 14.5. The van der Waals surface area contributed by atoms with Crippen LogP contribution in [0.1, 0.15) is 63.0 Å². The van der Waals surface area contributed by atoms with E-state index in [1.54, 1.807) is 0 Å². The lowest BCUT2D eigenvalue weighted by Crippen LogP contribution is -2.38. The third-order valence-electron chi connectivity index (χ3n) is 5.19. The third kappa shape index (κ3) is 9.49. The number of unbranched alkanes of at least 4 members (excludes halogenated alkanes) is 1. The molecule has 2 N–H and O–H groups in total. The van der Waals surface area contributed by atoms with Gasteiger partial charge in [0.1, 0.15) is 12.4 Å². The van der Waals surface area contributed by atoms with E-state index in [1.807, 2.05) is 30.3 Å². The van der Waals surface area contributed by atoms with Crippen LogP contribution in [0, 0.1) is 12.8 Å². The Hall–Kier alpha value is -0.510. The van der Waals surface area contributed by atoms with Gasteiger partial charge < -0.3 is 15.2 Å². The minimum absolute atomic E-state index is 0. The molecule has 156 valence electrons. The van der Waals surface area contributed by atoms with Crippen LogP contribution in [0.15, 0.2) is 4.99 Å². The molecule has 1 aliphatic carbocycles. The van der Waals surface area contributed by atoms with Gasteiger partial charge in [0.25, 0.3) is 0 Å². The number of aryl methyl sites for hydroxylation is 1. The summed E-state index contributed by atoms with van der Waals surface area (Å²) in [4.78, 5) is 4.71. The second-order valence-electron chi connectivity index (χ2n) is 7.23. The Labute approximate surface area is 186 Å². The van der Waals surface area contributed by atoms with Crippen LogP contribution in [0.5, 0.6) is 0 Å². The Morgan fingerprint density at radius 1 is 1.15 bits per heavy atom. The molecular formula is C19H37IN6S. The molecule has 2 rings (SSSR count). The van der Waals surface area contributed by atoms with E-state index in [-0.39, 0.29) is 24.0 Å². The fourth-order valence-corrected chi connectivity index (χ4v) is 3.83. The summed E-state index contributed by atoms with van der Waals surface area (Å²) < 4.78 is 2.00. The van der Waals surface area contributed by atoms with E-state index in [0.29, 0.717) is 6.54 Å². The van der Waals surface area contributed by atoms with E-state index < -0.39 is 0 Å². The first-order valence-electron chi connectivity index (χ1n) is 10.1. The van der Waals surface area contributed by atoms with E-state index in [4.69, 9.17) is 4.99 Å². The quantitative estimate of drug-likeness (QED) is 0.206. The van der Waals surface area contributed by atoms with Gasteiger partial charge in [-0.15, -0.1) is 34.2 Å². The maximum atomic E-state index is 4.71. The van der Waals surface area contributed by atoms with Gasteiger partial charge in [0.05, 0.1) is 0 Å². The monoisotopic (exact) mass is 508 g/mol. The molecule has 0 atom stereocenters. The van der Waals surface area contributed by atoms with E-state index in [9.17, 15) is 0 Å². The molecule has 1 aliphatic rings. The van der Waals surface area contributed by atoms with Crippen molar-refractivity contribution in [2.45, 2.75) is 64.8 Å². The first-order valence-corrected chi connectivity index (χ1v) is 11.5. The zero-order valence-electron chi connectivity index (χ0n) is 17.2. The first-order chi connectivity index (χ1) is 12.7. The predicted molar refractivity (Wildman–Crippen MR) is 127 cm³/mol. The van der Waals surface area contributed by atoms with Crippen LogP contribution in [-0.2, 0) is 13.6 Å². The standard InChI is InChI=1S/C19H36N6S.HI/c1-16-23-24-18(25(16)2)15-22-19(21-13-8-14-26-3)20-12-7-6-11-17-9-4-5-10-17;/h17H,4-15H2,1-3H3,(H2,20,21,22);1H. The molecule has 0 aliphatic heterocycles. The summed E-state index contributed by atoms with van der Waals surface area (Å²) >= 11 is 1.88. The number of hydrogen-bond donors (Lipinski definition) is 2. The van der Waals surface area contributed by atoms with Crippen molar-refractivity contribution in [3.63, 3.8) is 0 Å². The number of guanidine groups is 1. The second-order valence-corrected chi connectivity index (χ2v) is 8.22. The highest BCUT2D eigenvalue weighted by atomic mass is 127. The molecule has 0 bridgehead atoms. The topological polar surface area (TPSA) is 67.1 Å². The molecule has 8 heteroatoms. The SMILES string of the molecule is CSCCCNC(=NCc1nnc(C)n1C)NCCCCC1CCCC1.I. The molecule has 1 saturated carbocycles. The van der Waals surface area contributed by atoms with E-state index in [2.05, 4.69) is 27.1 Å². The van der Waals surface area contributed by atoms with Crippen LogP contribution in [0.4, 0.5) is 0 Å². The van der Waals surface area contributed by atoms with Gasteiger partial charge in [-0.2, -0.15) is 11.8 Å². The fraction of sp³-hybridized carbons (Fsp3) is 0.842. The highest BCUT2D eigenvalue weighted by molar-refractivity contribution is 14.0. The van der Waals surface area contributed by atoms with Crippen molar-refractivity contribution >= 4 is 41.7 Å². The molecule has 1 fully saturated rings. The molecule has 0 radical (unpaired) electrons. The highest BCUT2D eigenvalue weighted by Gasteiger charge is 2.13. The van der Waals surface area contributed by atoms with Crippen molar-refractivity contribution in [1.82, 2.24) is 25.4 Å². The fourth-order valence-electron chi connectivity index (χ4n) is 3.40. The Balaban J connectivity index is 0.00000364. The normalized spacial score (nSPS) is 15.0. The molecule has 0 aromatic carbocycles. The molecule has 6 nitrogen and oxygen atoms in total. The summed E-state index contributed by atoms with van der Waals surface area (Å²) in [6.07, 6.45) is 13.0. The van der Waals surface area contributed by atoms with Crippen molar-refractivity contribution in [1.29, 1.82) is 0 Å². The van der Waals surface area contributed by atoms with E-state index >= 15 is 0 Å². The lowest BCUT2D eigenvalue weighted by Gasteiger charge is -2.13. The maximum Gasteiger partial charge on any atom is 0.191 e.